The number of allylic oxidation sites excluding steroid dienone is 1. The maximum atomic E-state index is 10.3. The van der Waals surface area contributed by atoms with E-state index in [0.717, 1.165) is 6.61 Å². The van der Waals surface area contributed by atoms with E-state index in [-0.39, 0.29) is 27.9 Å². The molecule has 2 aromatic rings. The van der Waals surface area contributed by atoms with Crippen molar-refractivity contribution in [2.24, 2.45) is 28.6 Å². The zero-order chi connectivity index (χ0) is 26.8. The minimum atomic E-state index is -2.54. The molecule has 1 aliphatic rings. The predicted molar refractivity (Wildman–Crippen MR) is 157 cm³/mol. The molecule has 0 saturated heterocycles. The molecular weight excluding hydrogens is 456 g/mol. The molecular formula is C33H50O2Si. The lowest BCUT2D eigenvalue weighted by Gasteiger charge is -2.47. The van der Waals surface area contributed by atoms with Crippen LogP contribution in [0.4, 0.5) is 0 Å². The smallest absolute Gasteiger partial charge is 0.261 e. The monoisotopic (exact) mass is 506 g/mol. The second kappa shape index (κ2) is 11.0. The summed E-state index contributed by atoms with van der Waals surface area (Å²) in [5.41, 5.74) is 0.268. The summed E-state index contributed by atoms with van der Waals surface area (Å²) in [6.07, 6.45) is 6.25. The summed E-state index contributed by atoms with van der Waals surface area (Å²) < 4.78 is 7.37. The van der Waals surface area contributed by atoms with Crippen molar-refractivity contribution in [3.8, 4) is 0 Å². The standard InChI is InChI=1S/C33H50O2Si/c1-25(2)30(34)21-20-26(3)33(9)23-22-27(32(33,7)8)24-35-36(31(4,5)6,28-16-12-10-13-17-28)29-18-14-11-15-19-29/h10-21,25-27,30,34H,22-24H2,1-9H3/t26-,27-,30+,33+/m0/s1. The largest absolute Gasteiger partial charge is 0.407 e. The molecule has 1 aliphatic carbocycles. The van der Waals surface area contributed by atoms with Crippen LogP contribution in [0.1, 0.15) is 75.2 Å². The maximum absolute atomic E-state index is 10.3. The zero-order valence-corrected chi connectivity index (χ0v) is 25.2. The van der Waals surface area contributed by atoms with Crippen LogP contribution in [-0.4, -0.2) is 26.1 Å². The van der Waals surface area contributed by atoms with Crippen molar-refractivity contribution in [2.45, 2.75) is 86.3 Å². The van der Waals surface area contributed by atoms with Crippen molar-refractivity contribution in [3.63, 3.8) is 0 Å². The van der Waals surface area contributed by atoms with Crippen molar-refractivity contribution < 1.29 is 9.53 Å². The fourth-order valence-electron chi connectivity index (χ4n) is 6.43. The van der Waals surface area contributed by atoms with Gasteiger partial charge in [-0.2, -0.15) is 0 Å². The Balaban J connectivity index is 1.93. The van der Waals surface area contributed by atoms with E-state index in [1.165, 1.54) is 23.2 Å². The van der Waals surface area contributed by atoms with Crippen LogP contribution in [0.15, 0.2) is 72.8 Å². The Kier molecular flexibility index (Phi) is 8.80. The molecule has 0 spiro atoms. The number of hydrogen-bond donors (Lipinski definition) is 1. The minimum absolute atomic E-state index is 0.00916. The van der Waals surface area contributed by atoms with E-state index in [9.17, 15) is 5.11 Å². The van der Waals surface area contributed by atoms with Gasteiger partial charge in [0.15, 0.2) is 0 Å². The molecule has 1 N–H and O–H groups in total. The summed E-state index contributed by atoms with van der Waals surface area (Å²) in [5, 5.41) is 13.0. The minimum Gasteiger partial charge on any atom is -0.407 e. The third-order valence-corrected chi connectivity index (χ3v) is 14.7. The predicted octanol–water partition coefficient (Wildman–Crippen LogP) is 7.21. The molecule has 36 heavy (non-hydrogen) atoms. The summed E-state index contributed by atoms with van der Waals surface area (Å²) in [7, 11) is -2.54. The van der Waals surface area contributed by atoms with Gasteiger partial charge in [0.2, 0.25) is 0 Å². The summed E-state index contributed by atoms with van der Waals surface area (Å²) >= 11 is 0. The Morgan fingerprint density at radius 3 is 1.86 bits per heavy atom. The number of aliphatic hydroxyl groups is 1. The summed E-state index contributed by atoms with van der Waals surface area (Å²) in [6, 6.07) is 22.0. The lowest BCUT2D eigenvalue weighted by Crippen LogP contribution is -2.67. The van der Waals surface area contributed by atoms with Gasteiger partial charge in [0, 0.05) is 6.61 Å². The van der Waals surface area contributed by atoms with E-state index >= 15 is 0 Å². The third-order valence-electron chi connectivity index (χ3n) is 9.71. The number of rotatable bonds is 9. The van der Waals surface area contributed by atoms with Gasteiger partial charge in [-0.15, -0.1) is 0 Å². The Bertz CT molecular complexity index is 950. The molecule has 0 radical (unpaired) electrons. The molecule has 0 bridgehead atoms. The lowest BCUT2D eigenvalue weighted by atomic mass is 9.60. The van der Waals surface area contributed by atoms with Gasteiger partial charge in [0.25, 0.3) is 8.32 Å². The van der Waals surface area contributed by atoms with Gasteiger partial charge in [-0.25, -0.2) is 0 Å². The van der Waals surface area contributed by atoms with E-state index in [0.29, 0.717) is 11.8 Å². The molecule has 198 valence electrons. The summed E-state index contributed by atoms with van der Waals surface area (Å²) in [5.74, 6) is 1.11. The van der Waals surface area contributed by atoms with E-state index in [1.807, 2.05) is 6.08 Å². The SMILES string of the molecule is CC(C)[C@H](O)C=C[C@H](C)[C@@]1(C)CC[C@@H](CO[Si](c2ccccc2)(c2ccccc2)C(C)(C)C)C1(C)C. The second-order valence-electron chi connectivity index (χ2n) is 13.3. The van der Waals surface area contributed by atoms with Crippen LogP contribution in [0.2, 0.25) is 5.04 Å². The second-order valence-corrected chi connectivity index (χ2v) is 17.6. The molecule has 4 atom stereocenters. The Labute approximate surface area is 222 Å². The van der Waals surface area contributed by atoms with Crippen LogP contribution in [0, 0.1) is 28.6 Å². The van der Waals surface area contributed by atoms with Gasteiger partial charge in [-0.3, -0.25) is 0 Å². The van der Waals surface area contributed by atoms with Crippen LogP contribution in [0.3, 0.4) is 0 Å². The fraction of sp³-hybridized carbons (Fsp3) is 0.576. The Morgan fingerprint density at radius 2 is 1.42 bits per heavy atom. The van der Waals surface area contributed by atoms with Crippen molar-refractivity contribution in [1.82, 2.24) is 0 Å². The highest BCUT2D eigenvalue weighted by Gasteiger charge is 2.55. The number of aliphatic hydroxyl groups excluding tert-OH is 1. The van der Waals surface area contributed by atoms with E-state index in [1.54, 1.807) is 0 Å². The fourth-order valence-corrected chi connectivity index (χ4v) is 11.0. The van der Waals surface area contributed by atoms with Crippen molar-refractivity contribution in [1.29, 1.82) is 0 Å². The summed E-state index contributed by atoms with van der Waals surface area (Å²) in [6.45, 7) is 21.7. The molecule has 0 aliphatic heterocycles. The molecule has 3 rings (SSSR count). The number of benzene rings is 2. The van der Waals surface area contributed by atoms with Crippen molar-refractivity contribution in [2.75, 3.05) is 6.61 Å². The van der Waals surface area contributed by atoms with Crippen LogP contribution < -0.4 is 10.4 Å². The quantitative estimate of drug-likeness (QED) is 0.287. The molecule has 1 fully saturated rings. The average Bonchev–Trinajstić information content (AvgIpc) is 3.07. The van der Waals surface area contributed by atoms with Crippen LogP contribution in [0.25, 0.3) is 0 Å². The van der Waals surface area contributed by atoms with Gasteiger partial charge in [0.05, 0.1) is 6.10 Å². The molecule has 0 amide bonds. The van der Waals surface area contributed by atoms with Crippen LogP contribution in [-0.2, 0) is 4.43 Å². The topological polar surface area (TPSA) is 29.5 Å². The molecule has 1 saturated carbocycles. The Morgan fingerprint density at radius 1 is 0.917 bits per heavy atom. The third kappa shape index (κ3) is 5.30. The highest BCUT2D eigenvalue weighted by molar-refractivity contribution is 6.99. The molecule has 0 heterocycles. The van der Waals surface area contributed by atoms with Gasteiger partial charge in [-0.1, -0.05) is 135 Å². The van der Waals surface area contributed by atoms with Crippen molar-refractivity contribution in [3.05, 3.63) is 72.8 Å². The van der Waals surface area contributed by atoms with Crippen molar-refractivity contribution >= 4 is 18.7 Å². The van der Waals surface area contributed by atoms with Gasteiger partial charge in [-0.05, 0) is 56.8 Å². The maximum Gasteiger partial charge on any atom is 0.261 e. The van der Waals surface area contributed by atoms with Crippen LogP contribution in [0.5, 0.6) is 0 Å². The Hall–Kier alpha value is -1.68. The molecule has 2 nitrogen and oxygen atoms in total. The van der Waals surface area contributed by atoms with Gasteiger partial charge in [0.1, 0.15) is 0 Å². The lowest BCUT2D eigenvalue weighted by molar-refractivity contribution is 0.0321. The zero-order valence-electron chi connectivity index (χ0n) is 24.2. The highest BCUT2D eigenvalue weighted by atomic mass is 28.4. The first kappa shape index (κ1) is 28.9. The molecule has 3 heteroatoms. The summed E-state index contributed by atoms with van der Waals surface area (Å²) in [4.78, 5) is 0. The van der Waals surface area contributed by atoms with E-state index < -0.39 is 8.32 Å². The highest BCUT2D eigenvalue weighted by Crippen LogP contribution is 2.60. The first-order valence-corrected chi connectivity index (χ1v) is 15.8. The first-order chi connectivity index (χ1) is 16.8. The normalized spacial score (nSPS) is 24.4. The van der Waals surface area contributed by atoms with E-state index in [4.69, 9.17) is 4.43 Å². The van der Waals surface area contributed by atoms with Gasteiger partial charge < -0.3 is 9.53 Å². The van der Waals surface area contributed by atoms with Crippen LogP contribution >= 0.6 is 0 Å². The molecule has 0 unspecified atom stereocenters. The first-order valence-electron chi connectivity index (χ1n) is 13.9. The number of hydrogen-bond acceptors (Lipinski definition) is 2. The molecule has 2 aromatic carbocycles. The average molecular weight is 507 g/mol. The van der Waals surface area contributed by atoms with Gasteiger partial charge >= 0.3 is 0 Å². The van der Waals surface area contributed by atoms with E-state index in [2.05, 4.69) is 129 Å². The molecule has 0 aromatic heterocycles.